The summed E-state index contributed by atoms with van der Waals surface area (Å²) in [5, 5.41) is 2.05. The van der Waals surface area contributed by atoms with Gasteiger partial charge in [-0.3, -0.25) is 15.1 Å². The number of rotatable bonds is 6. The predicted molar refractivity (Wildman–Crippen MR) is 208 cm³/mol. The minimum atomic E-state index is -5.10. The van der Waals surface area contributed by atoms with Crippen LogP contribution >= 0.6 is 11.3 Å². The first-order valence-electron chi connectivity index (χ1n) is 19.5. The van der Waals surface area contributed by atoms with Crippen molar-refractivity contribution in [2.45, 2.75) is 115 Å². The third-order valence-corrected chi connectivity index (χ3v) is 12.2. The normalized spacial score (nSPS) is 20.9. The first-order valence-corrected chi connectivity index (χ1v) is 20.4. The molecule has 0 radical (unpaired) electrons. The number of anilines is 2. The highest BCUT2D eigenvalue weighted by molar-refractivity contribution is 7.22. The number of thiazole rings is 1. The van der Waals surface area contributed by atoms with E-state index in [0.717, 1.165) is 57.0 Å². The molecule has 4 aliphatic heterocycles. The Bertz CT molecular complexity index is 2270. The maximum atomic E-state index is 17.4. The molecule has 0 saturated carbocycles. The Morgan fingerprint density at radius 2 is 1.57 bits per heavy atom. The Balaban J connectivity index is 1.26. The number of piperazine rings is 1. The fourth-order valence-electron chi connectivity index (χ4n) is 8.95. The molecule has 12 nitrogen and oxygen atoms in total. The van der Waals surface area contributed by atoms with E-state index >= 15 is 22.0 Å². The Labute approximate surface area is 336 Å². The van der Waals surface area contributed by atoms with E-state index in [2.05, 4.69) is 20.2 Å². The zero-order valence-corrected chi connectivity index (χ0v) is 34.0. The van der Waals surface area contributed by atoms with Gasteiger partial charge in [-0.1, -0.05) is 11.3 Å². The van der Waals surface area contributed by atoms with Gasteiger partial charge in [0.25, 0.3) is 0 Å². The van der Waals surface area contributed by atoms with Crippen LogP contribution in [0, 0.1) is 11.6 Å². The molecule has 0 spiro atoms. The molecule has 4 fully saturated rings. The van der Waals surface area contributed by atoms with Gasteiger partial charge in [0.1, 0.15) is 35.0 Å². The van der Waals surface area contributed by atoms with Crippen LogP contribution in [0.1, 0.15) is 85.6 Å². The molecule has 2 unspecified atom stereocenters. The monoisotopic (exact) mass is 831 g/mol. The highest BCUT2D eigenvalue weighted by Gasteiger charge is 2.47. The van der Waals surface area contributed by atoms with Crippen molar-refractivity contribution in [1.82, 2.24) is 24.8 Å². The van der Waals surface area contributed by atoms with Crippen molar-refractivity contribution in [3.05, 3.63) is 35.4 Å². The van der Waals surface area contributed by atoms with E-state index in [1.807, 2.05) is 0 Å². The second-order valence-corrected chi connectivity index (χ2v) is 18.6. The summed E-state index contributed by atoms with van der Waals surface area (Å²) in [7, 11) is 0. The molecule has 4 aromatic rings. The molecule has 2 atom stereocenters. The van der Waals surface area contributed by atoms with E-state index < -0.39 is 57.8 Å². The fraction of sp³-hybridized carbons (Fsp3) is 0.575. The molecule has 2 aromatic carbocycles. The van der Waals surface area contributed by atoms with Gasteiger partial charge < -0.3 is 19.1 Å². The van der Waals surface area contributed by atoms with E-state index in [0.29, 0.717) is 24.2 Å². The molecule has 2 amide bonds. The molecule has 58 heavy (non-hydrogen) atoms. The maximum absolute atomic E-state index is 17.4. The lowest BCUT2D eigenvalue weighted by atomic mass is 9.95. The highest BCUT2D eigenvalue weighted by atomic mass is 32.1. The molecular weight excluding hydrogens is 786 g/mol. The number of hydrogen-bond acceptors (Lipinski definition) is 11. The summed E-state index contributed by atoms with van der Waals surface area (Å²) in [6, 6.07) is 1.94. The predicted octanol–water partition coefficient (Wildman–Crippen LogP) is 9.15. The van der Waals surface area contributed by atoms with Gasteiger partial charge in [0.05, 0.1) is 33.4 Å². The summed E-state index contributed by atoms with van der Waals surface area (Å²) in [5.41, 5.74) is -5.15. The number of carbonyl (C=O) groups excluding carboxylic acids is 2. The number of aromatic nitrogens is 3. The van der Waals surface area contributed by atoms with Crippen molar-refractivity contribution in [2.24, 2.45) is 0 Å². The smallest absolute Gasteiger partial charge is 0.417 e. The minimum absolute atomic E-state index is 0.0469. The lowest BCUT2D eigenvalue weighted by molar-refractivity contribution is -0.137. The average molecular weight is 832 g/mol. The Morgan fingerprint density at radius 1 is 0.914 bits per heavy atom. The number of carbonyl (C=O) groups is 2. The van der Waals surface area contributed by atoms with Crippen LogP contribution in [0.2, 0.25) is 0 Å². The Morgan fingerprint density at radius 3 is 2.19 bits per heavy atom. The van der Waals surface area contributed by atoms with Crippen molar-refractivity contribution in [3.8, 4) is 17.1 Å². The molecule has 6 heterocycles. The summed E-state index contributed by atoms with van der Waals surface area (Å²) in [4.78, 5) is 45.1. The molecule has 0 aliphatic carbocycles. The number of hydrogen-bond donors (Lipinski definition) is 1. The van der Waals surface area contributed by atoms with Crippen molar-refractivity contribution in [1.29, 1.82) is 0 Å². The molecule has 2 bridgehead atoms. The molecule has 4 saturated heterocycles. The topological polar surface area (TPSA) is 122 Å². The second kappa shape index (κ2) is 14.3. The molecule has 2 aromatic heterocycles. The van der Waals surface area contributed by atoms with Crippen molar-refractivity contribution < 1.29 is 45.8 Å². The van der Waals surface area contributed by atoms with Gasteiger partial charge >= 0.3 is 24.4 Å². The standard InChI is InChI=1S/C40H46F5N7O5S/c1-37(2,3)56-35(53)49-34-47-30-23(11-12-26(41)31(30)58-34)27-25(40(43,44)45)17-24-29(28(27)42)46-33(55-20-39-13-7-15-51(39)16-8-14-39)48-32(24)50-18-21-9-10-22(19-50)52(21)36(54)57-38(4,5)6/h11-12,17,21-22H,7-10,13-16,18-20H2,1-6H3,(H,47,49,53). The van der Waals surface area contributed by atoms with Gasteiger partial charge in [0.15, 0.2) is 10.9 Å². The quantitative estimate of drug-likeness (QED) is 0.188. The molecule has 4 aliphatic rings. The molecule has 8 rings (SSSR count). The second-order valence-electron chi connectivity index (χ2n) is 17.6. The average Bonchev–Trinajstić information content (AvgIpc) is 3.87. The van der Waals surface area contributed by atoms with Gasteiger partial charge in [0.2, 0.25) is 0 Å². The van der Waals surface area contributed by atoms with Gasteiger partial charge in [-0.2, -0.15) is 23.1 Å². The number of nitrogens with one attached hydrogen (secondary N) is 1. The van der Waals surface area contributed by atoms with Crippen molar-refractivity contribution in [3.63, 3.8) is 0 Å². The number of fused-ring (bicyclic) bond motifs is 5. The summed E-state index contributed by atoms with van der Waals surface area (Å²) < 4.78 is 95.5. The van der Waals surface area contributed by atoms with Crippen LogP contribution in [-0.4, -0.2) is 98.5 Å². The highest BCUT2D eigenvalue weighted by Crippen LogP contribution is 2.47. The number of benzene rings is 2. The van der Waals surface area contributed by atoms with E-state index in [4.69, 9.17) is 19.2 Å². The maximum Gasteiger partial charge on any atom is 0.417 e. The zero-order valence-electron chi connectivity index (χ0n) is 33.2. The van der Waals surface area contributed by atoms with Crippen LogP contribution < -0.4 is 15.0 Å². The third-order valence-electron chi connectivity index (χ3n) is 11.2. The van der Waals surface area contributed by atoms with Crippen LogP contribution in [0.4, 0.5) is 42.5 Å². The van der Waals surface area contributed by atoms with Crippen molar-refractivity contribution >= 4 is 55.6 Å². The number of halogens is 5. The van der Waals surface area contributed by atoms with Crippen LogP contribution in [-0.2, 0) is 15.7 Å². The first-order chi connectivity index (χ1) is 27.2. The van der Waals surface area contributed by atoms with E-state index in [-0.39, 0.29) is 75.4 Å². The fourth-order valence-corrected chi connectivity index (χ4v) is 9.84. The summed E-state index contributed by atoms with van der Waals surface area (Å²) in [6.45, 7) is 12.7. The van der Waals surface area contributed by atoms with Crippen LogP contribution in [0.25, 0.3) is 32.2 Å². The Kier molecular flexibility index (Phi) is 9.92. The zero-order chi connectivity index (χ0) is 41.5. The van der Waals surface area contributed by atoms with Gasteiger partial charge in [-0.05, 0) is 111 Å². The SMILES string of the molecule is CC(C)(C)OC(=O)Nc1nc2c(-c3c(C(F)(F)F)cc4c(N5CC6CCC(C5)N6C(=O)OC(C)(C)C)nc(OCC56CCCN5CCC6)nc4c3F)ccc(F)c2s1. The summed E-state index contributed by atoms with van der Waals surface area (Å²) in [6.07, 6.45) is -1.43. The van der Waals surface area contributed by atoms with Crippen molar-refractivity contribution in [2.75, 3.05) is 43.0 Å². The van der Waals surface area contributed by atoms with Gasteiger partial charge in [-0.25, -0.2) is 23.4 Å². The van der Waals surface area contributed by atoms with E-state index in [1.165, 1.54) is 0 Å². The molecule has 1 N–H and O–H groups in total. The summed E-state index contributed by atoms with van der Waals surface area (Å²) >= 11 is 0.675. The number of nitrogens with zero attached hydrogens (tertiary/aromatic N) is 6. The Hall–Kier alpha value is -4.58. The molecule has 18 heteroatoms. The third kappa shape index (κ3) is 7.57. The van der Waals surface area contributed by atoms with Crippen LogP contribution in [0.5, 0.6) is 6.01 Å². The van der Waals surface area contributed by atoms with Crippen LogP contribution in [0.3, 0.4) is 0 Å². The lowest BCUT2D eigenvalue weighted by Crippen LogP contribution is -2.57. The largest absolute Gasteiger partial charge is 0.461 e. The number of amides is 2. The first kappa shape index (κ1) is 40.2. The number of ether oxygens (including phenoxy) is 3. The molecule has 312 valence electrons. The van der Waals surface area contributed by atoms with E-state index in [1.54, 1.807) is 51.3 Å². The van der Waals surface area contributed by atoms with E-state index in [9.17, 15) is 9.59 Å². The van der Waals surface area contributed by atoms with Crippen LogP contribution in [0.15, 0.2) is 18.2 Å². The minimum Gasteiger partial charge on any atom is -0.461 e. The van der Waals surface area contributed by atoms with Gasteiger partial charge in [-0.15, -0.1) is 0 Å². The van der Waals surface area contributed by atoms with Gasteiger partial charge in [0, 0.05) is 29.6 Å². The molecular formula is C40H46F5N7O5S. The number of alkyl halides is 3. The lowest BCUT2D eigenvalue weighted by Gasteiger charge is -2.42. The summed E-state index contributed by atoms with van der Waals surface area (Å²) in [5.74, 6) is -2.10.